The molecule has 0 aliphatic rings. The van der Waals surface area contributed by atoms with E-state index in [0.717, 1.165) is 22.7 Å². The first-order valence-corrected chi connectivity index (χ1v) is 6.34. The van der Waals surface area contributed by atoms with E-state index >= 15 is 0 Å². The van der Waals surface area contributed by atoms with Gasteiger partial charge in [0.2, 0.25) is 0 Å². The Bertz CT molecular complexity index is 436. The van der Waals surface area contributed by atoms with Crippen molar-refractivity contribution in [1.82, 2.24) is 4.98 Å². The fourth-order valence-corrected chi connectivity index (χ4v) is 2.36. The van der Waals surface area contributed by atoms with Crippen molar-refractivity contribution < 1.29 is 4.42 Å². The van der Waals surface area contributed by atoms with Crippen LogP contribution >= 0.6 is 11.3 Å². The molecule has 2 aromatic heterocycles. The maximum atomic E-state index is 6.14. The molecule has 0 fully saturated rings. The second kappa shape index (κ2) is 4.80. The van der Waals surface area contributed by atoms with Gasteiger partial charge >= 0.3 is 0 Å². The number of hydrogen-bond acceptors (Lipinski definition) is 4. The Labute approximate surface area is 99.3 Å². The summed E-state index contributed by atoms with van der Waals surface area (Å²) < 4.78 is 5.04. The Kier molecular flexibility index (Phi) is 3.41. The van der Waals surface area contributed by atoms with Crippen molar-refractivity contribution in [3.05, 3.63) is 29.7 Å². The van der Waals surface area contributed by atoms with Crippen molar-refractivity contribution in [3.8, 4) is 10.6 Å². The molecule has 0 bridgehead atoms. The molecule has 2 heterocycles. The molecular formula is C12H16N2OS. The van der Waals surface area contributed by atoms with E-state index in [1.54, 1.807) is 23.9 Å². The van der Waals surface area contributed by atoms with Gasteiger partial charge in [0, 0.05) is 10.9 Å². The van der Waals surface area contributed by atoms with Crippen LogP contribution in [0.15, 0.2) is 28.4 Å². The molecule has 0 saturated carbocycles. The maximum Gasteiger partial charge on any atom is 0.126 e. The van der Waals surface area contributed by atoms with E-state index in [0.29, 0.717) is 5.92 Å². The molecule has 0 aliphatic carbocycles. The highest BCUT2D eigenvalue weighted by Gasteiger charge is 2.16. The number of nitrogens with two attached hydrogens (primary N) is 1. The lowest BCUT2D eigenvalue weighted by Crippen LogP contribution is -2.18. The molecule has 86 valence electrons. The molecule has 0 aliphatic heterocycles. The average molecular weight is 236 g/mol. The van der Waals surface area contributed by atoms with Gasteiger partial charge in [-0.1, -0.05) is 20.3 Å². The Hall–Kier alpha value is -1.13. The van der Waals surface area contributed by atoms with Crippen LogP contribution in [0, 0.1) is 5.92 Å². The molecule has 0 spiro atoms. The van der Waals surface area contributed by atoms with E-state index in [1.807, 2.05) is 11.4 Å². The molecule has 2 aromatic rings. The summed E-state index contributed by atoms with van der Waals surface area (Å²) >= 11 is 1.61. The predicted molar refractivity (Wildman–Crippen MR) is 66.2 cm³/mol. The number of hydrogen-bond donors (Lipinski definition) is 1. The van der Waals surface area contributed by atoms with E-state index in [-0.39, 0.29) is 6.04 Å². The summed E-state index contributed by atoms with van der Waals surface area (Å²) in [6.07, 6.45) is 4.43. The van der Waals surface area contributed by atoms with Gasteiger partial charge in [-0.2, -0.15) is 0 Å². The van der Waals surface area contributed by atoms with Gasteiger partial charge in [0.15, 0.2) is 0 Å². The minimum Gasteiger partial charge on any atom is -0.472 e. The zero-order valence-corrected chi connectivity index (χ0v) is 10.3. The highest BCUT2D eigenvalue weighted by atomic mass is 32.1. The van der Waals surface area contributed by atoms with Crippen LogP contribution in [0.2, 0.25) is 0 Å². The third-order valence-corrected chi connectivity index (χ3v) is 3.80. The van der Waals surface area contributed by atoms with Crippen LogP contribution < -0.4 is 5.73 Å². The van der Waals surface area contributed by atoms with Crippen LogP contribution in [0.5, 0.6) is 0 Å². The summed E-state index contributed by atoms with van der Waals surface area (Å²) in [6.45, 7) is 4.30. The third kappa shape index (κ3) is 2.18. The predicted octanol–water partition coefficient (Wildman–Crippen LogP) is 3.45. The van der Waals surface area contributed by atoms with Gasteiger partial charge in [-0.05, 0) is 12.0 Å². The molecule has 0 amide bonds. The first-order valence-electron chi connectivity index (χ1n) is 5.46. The summed E-state index contributed by atoms with van der Waals surface area (Å²) in [4.78, 5) is 4.56. The normalized spacial score (nSPS) is 14.9. The highest BCUT2D eigenvalue weighted by molar-refractivity contribution is 7.13. The van der Waals surface area contributed by atoms with Gasteiger partial charge in [0.1, 0.15) is 11.3 Å². The third-order valence-electron chi connectivity index (χ3n) is 2.89. The van der Waals surface area contributed by atoms with Gasteiger partial charge < -0.3 is 10.2 Å². The molecule has 2 unspecified atom stereocenters. The second-order valence-electron chi connectivity index (χ2n) is 4.00. The lowest BCUT2D eigenvalue weighted by atomic mass is 9.98. The maximum absolute atomic E-state index is 6.14. The molecular weight excluding hydrogens is 220 g/mol. The quantitative estimate of drug-likeness (QED) is 0.884. The molecule has 16 heavy (non-hydrogen) atoms. The van der Waals surface area contributed by atoms with E-state index in [4.69, 9.17) is 10.2 Å². The Morgan fingerprint density at radius 3 is 3.00 bits per heavy atom. The van der Waals surface area contributed by atoms with Gasteiger partial charge in [-0.3, -0.25) is 0 Å². The van der Waals surface area contributed by atoms with E-state index < -0.39 is 0 Å². The SMILES string of the molecule is CCC(C)C(N)c1csc(-c2ccoc2)n1. The Morgan fingerprint density at radius 2 is 2.38 bits per heavy atom. The van der Waals surface area contributed by atoms with Crippen molar-refractivity contribution >= 4 is 11.3 Å². The molecule has 2 rings (SSSR count). The van der Waals surface area contributed by atoms with Crippen molar-refractivity contribution in [3.63, 3.8) is 0 Å². The summed E-state index contributed by atoms with van der Waals surface area (Å²) in [5, 5.41) is 3.02. The Balaban J connectivity index is 2.20. The van der Waals surface area contributed by atoms with Gasteiger partial charge in [0.25, 0.3) is 0 Å². The number of thiazole rings is 1. The van der Waals surface area contributed by atoms with Crippen LogP contribution in [0.4, 0.5) is 0 Å². The minimum absolute atomic E-state index is 0.0295. The van der Waals surface area contributed by atoms with Crippen LogP contribution in [0.3, 0.4) is 0 Å². The molecule has 0 aromatic carbocycles. The smallest absolute Gasteiger partial charge is 0.126 e. The molecule has 0 saturated heterocycles. The highest BCUT2D eigenvalue weighted by Crippen LogP contribution is 2.28. The summed E-state index contributed by atoms with van der Waals surface area (Å²) in [7, 11) is 0. The lowest BCUT2D eigenvalue weighted by Gasteiger charge is -2.15. The summed E-state index contributed by atoms with van der Waals surface area (Å²) in [5.41, 5.74) is 8.14. The first-order chi connectivity index (χ1) is 7.72. The molecule has 2 N–H and O–H groups in total. The van der Waals surface area contributed by atoms with Gasteiger partial charge in [-0.15, -0.1) is 11.3 Å². The monoisotopic (exact) mass is 236 g/mol. The second-order valence-corrected chi connectivity index (χ2v) is 4.86. The molecule has 3 nitrogen and oxygen atoms in total. The molecule has 4 heteroatoms. The van der Waals surface area contributed by atoms with Crippen molar-refractivity contribution in [2.45, 2.75) is 26.3 Å². The average Bonchev–Trinajstić information content (AvgIpc) is 2.96. The lowest BCUT2D eigenvalue weighted by molar-refractivity contribution is 0.450. The largest absolute Gasteiger partial charge is 0.472 e. The standard InChI is InChI=1S/C12H16N2OS/c1-3-8(2)11(13)10-7-16-12(14-10)9-4-5-15-6-9/h4-8,11H,3,13H2,1-2H3. The molecule has 0 radical (unpaired) electrons. The Morgan fingerprint density at radius 1 is 1.56 bits per heavy atom. The summed E-state index contributed by atoms with van der Waals surface area (Å²) in [6, 6.07) is 1.94. The summed E-state index contributed by atoms with van der Waals surface area (Å²) in [5.74, 6) is 0.458. The van der Waals surface area contributed by atoms with Crippen LogP contribution in [-0.4, -0.2) is 4.98 Å². The van der Waals surface area contributed by atoms with Crippen molar-refractivity contribution in [2.75, 3.05) is 0 Å². The number of aromatic nitrogens is 1. The van der Waals surface area contributed by atoms with Crippen molar-refractivity contribution in [2.24, 2.45) is 11.7 Å². The minimum atomic E-state index is 0.0295. The zero-order chi connectivity index (χ0) is 11.5. The van der Waals surface area contributed by atoms with Crippen LogP contribution in [0.1, 0.15) is 32.0 Å². The number of furan rings is 1. The van der Waals surface area contributed by atoms with Crippen molar-refractivity contribution in [1.29, 1.82) is 0 Å². The van der Waals surface area contributed by atoms with Gasteiger partial charge in [-0.25, -0.2) is 4.98 Å². The van der Waals surface area contributed by atoms with E-state index in [2.05, 4.69) is 18.8 Å². The van der Waals surface area contributed by atoms with Crippen LogP contribution in [-0.2, 0) is 0 Å². The molecule has 2 atom stereocenters. The fraction of sp³-hybridized carbons (Fsp3) is 0.417. The van der Waals surface area contributed by atoms with E-state index in [1.165, 1.54) is 0 Å². The number of rotatable bonds is 4. The first kappa shape index (κ1) is 11.4. The van der Waals surface area contributed by atoms with Gasteiger partial charge in [0.05, 0.1) is 18.0 Å². The fourth-order valence-electron chi connectivity index (χ4n) is 1.50. The number of nitrogens with zero attached hydrogens (tertiary/aromatic N) is 1. The van der Waals surface area contributed by atoms with E-state index in [9.17, 15) is 0 Å². The zero-order valence-electron chi connectivity index (χ0n) is 9.51. The topological polar surface area (TPSA) is 52.0 Å². The van der Waals surface area contributed by atoms with Crippen LogP contribution in [0.25, 0.3) is 10.6 Å².